The standard InChI is InChI=1S/C22H21ClN2O3S/c1-11-15(10-24)18-20(29-12(2)25-18)17(13-6-8-14(23)9-7-13)16(11)19(21(26)27)28-22(3,4)5/h6-9,19H,1-5H3,(H,26,27)/t19-/m0/s1. The molecule has 0 aliphatic carbocycles. The fourth-order valence-electron chi connectivity index (χ4n) is 3.34. The number of carbonyl (C=O) groups is 1. The summed E-state index contributed by atoms with van der Waals surface area (Å²) in [7, 11) is 0. The van der Waals surface area contributed by atoms with E-state index >= 15 is 0 Å². The van der Waals surface area contributed by atoms with E-state index in [1.807, 2.05) is 19.1 Å². The number of hydrogen-bond acceptors (Lipinski definition) is 5. The first-order chi connectivity index (χ1) is 13.5. The predicted molar refractivity (Wildman–Crippen MR) is 115 cm³/mol. The highest BCUT2D eigenvalue weighted by atomic mass is 35.5. The maximum absolute atomic E-state index is 12.3. The van der Waals surface area contributed by atoms with E-state index in [1.165, 1.54) is 11.3 Å². The van der Waals surface area contributed by atoms with E-state index in [-0.39, 0.29) is 0 Å². The van der Waals surface area contributed by atoms with Crippen molar-refractivity contribution in [1.29, 1.82) is 5.26 Å². The summed E-state index contributed by atoms with van der Waals surface area (Å²) >= 11 is 7.50. The molecule has 3 aromatic rings. The minimum atomic E-state index is -1.24. The summed E-state index contributed by atoms with van der Waals surface area (Å²) in [5.41, 5.74) is 2.82. The third-order valence-corrected chi connectivity index (χ3v) is 5.69. The molecule has 0 unspecified atom stereocenters. The Morgan fingerprint density at radius 3 is 2.41 bits per heavy atom. The van der Waals surface area contributed by atoms with E-state index in [2.05, 4.69) is 11.1 Å². The van der Waals surface area contributed by atoms with Crippen LogP contribution in [0.3, 0.4) is 0 Å². The van der Waals surface area contributed by atoms with Gasteiger partial charge in [0.2, 0.25) is 0 Å². The van der Waals surface area contributed by atoms with Gasteiger partial charge in [-0.3, -0.25) is 0 Å². The zero-order chi connectivity index (χ0) is 21.5. The lowest BCUT2D eigenvalue weighted by Crippen LogP contribution is -2.28. The molecule has 0 spiro atoms. The number of benzene rings is 2. The Hall–Kier alpha value is -2.46. The molecule has 5 nitrogen and oxygen atoms in total. The molecule has 0 aliphatic rings. The van der Waals surface area contributed by atoms with Crippen LogP contribution in [0.15, 0.2) is 24.3 Å². The number of nitriles is 1. The van der Waals surface area contributed by atoms with Gasteiger partial charge in [0.25, 0.3) is 0 Å². The predicted octanol–water partition coefficient (Wildman–Crippen LogP) is 6.05. The first kappa shape index (κ1) is 21.3. The summed E-state index contributed by atoms with van der Waals surface area (Å²) in [4.78, 5) is 16.8. The fourth-order valence-corrected chi connectivity index (χ4v) is 4.47. The van der Waals surface area contributed by atoms with Crippen LogP contribution in [0.4, 0.5) is 0 Å². The van der Waals surface area contributed by atoms with Gasteiger partial charge in [-0.05, 0) is 57.9 Å². The van der Waals surface area contributed by atoms with E-state index in [9.17, 15) is 15.2 Å². The van der Waals surface area contributed by atoms with E-state index in [0.29, 0.717) is 27.2 Å². The van der Waals surface area contributed by atoms with Gasteiger partial charge in [-0.15, -0.1) is 11.3 Å². The second-order valence-corrected chi connectivity index (χ2v) is 9.41. The Morgan fingerprint density at radius 2 is 1.90 bits per heavy atom. The lowest BCUT2D eigenvalue weighted by molar-refractivity contribution is -0.160. The van der Waals surface area contributed by atoms with Crippen LogP contribution in [0.2, 0.25) is 5.02 Å². The maximum atomic E-state index is 12.3. The quantitative estimate of drug-likeness (QED) is 0.547. The SMILES string of the molecule is Cc1nc2c(C#N)c(C)c([C@H](OC(C)(C)C)C(=O)O)c(-c3ccc(Cl)cc3)c2s1. The van der Waals surface area contributed by atoms with Crippen LogP contribution in [0.1, 0.15) is 48.6 Å². The number of halogens is 1. The average molecular weight is 429 g/mol. The molecule has 1 N–H and O–H groups in total. The van der Waals surface area contributed by atoms with Crippen LogP contribution >= 0.6 is 22.9 Å². The van der Waals surface area contributed by atoms with Crippen LogP contribution in [0.5, 0.6) is 0 Å². The van der Waals surface area contributed by atoms with Crippen molar-refractivity contribution in [2.75, 3.05) is 0 Å². The number of aryl methyl sites for hydroxylation is 1. The number of carboxylic acids is 1. The molecule has 0 saturated carbocycles. The van der Waals surface area contributed by atoms with Crippen molar-refractivity contribution in [3.63, 3.8) is 0 Å². The second-order valence-electron chi connectivity index (χ2n) is 7.77. The van der Waals surface area contributed by atoms with Gasteiger partial charge < -0.3 is 9.84 Å². The van der Waals surface area contributed by atoms with E-state index in [0.717, 1.165) is 20.8 Å². The summed E-state index contributed by atoms with van der Waals surface area (Å²) in [6.45, 7) is 9.04. The molecule has 2 aromatic carbocycles. The van der Waals surface area contributed by atoms with Crippen molar-refractivity contribution in [2.24, 2.45) is 0 Å². The van der Waals surface area contributed by atoms with Crippen LogP contribution < -0.4 is 0 Å². The van der Waals surface area contributed by atoms with Gasteiger partial charge in [0, 0.05) is 16.1 Å². The van der Waals surface area contributed by atoms with Crippen molar-refractivity contribution >= 4 is 39.1 Å². The molecule has 1 atom stereocenters. The van der Waals surface area contributed by atoms with Gasteiger partial charge >= 0.3 is 5.97 Å². The van der Waals surface area contributed by atoms with Crippen LogP contribution in [-0.4, -0.2) is 21.7 Å². The molecule has 7 heteroatoms. The number of fused-ring (bicyclic) bond motifs is 1. The highest BCUT2D eigenvalue weighted by Gasteiger charge is 2.33. The smallest absolute Gasteiger partial charge is 0.337 e. The molecular weight excluding hydrogens is 408 g/mol. The molecular formula is C22H21ClN2O3S. The van der Waals surface area contributed by atoms with E-state index < -0.39 is 17.7 Å². The molecule has 1 heterocycles. The number of rotatable bonds is 4. The van der Waals surface area contributed by atoms with Crippen molar-refractivity contribution < 1.29 is 14.6 Å². The number of hydrogen-bond donors (Lipinski definition) is 1. The van der Waals surface area contributed by atoms with E-state index in [4.69, 9.17) is 16.3 Å². The van der Waals surface area contributed by atoms with Gasteiger partial charge in [0.15, 0.2) is 6.10 Å². The van der Waals surface area contributed by atoms with Crippen LogP contribution in [0, 0.1) is 25.2 Å². The average Bonchev–Trinajstić information content (AvgIpc) is 3.00. The lowest BCUT2D eigenvalue weighted by atomic mass is 9.88. The third-order valence-electron chi connectivity index (χ3n) is 4.45. The van der Waals surface area contributed by atoms with E-state index in [1.54, 1.807) is 39.8 Å². The molecule has 1 aromatic heterocycles. The molecule has 150 valence electrons. The number of thiazole rings is 1. The normalized spacial score (nSPS) is 12.7. The van der Waals surface area contributed by atoms with Crippen molar-refractivity contribution in [1.82, 2.24) is 4.98 Å². The highest BCUT2D eigenvalue weighted by molar-refractivity contribution is 7.19. The Kier molecular flexibility index (Phi) is 5.68. The minimum Gasteiger partial charge on any atom is -0.479 e. The third kappa shape index (κ3) is 4.13. The summed E-state index contributed by atoms with van der Waals surface area (Å²) in [6.07, 6.45) is -1.24. The Labute approximate surface area is 178 Å². The minimum absolute atomic E-state index is 0.376. The molecule has 0 aliphatic heterocycles. The topological polar surface area (TPSA) is 83.2 Å². The largest absolute Gasteiger partial charge is 0.479 e. The lowest BCUT2D eigenvalue weighted by Gasteiger charge is -2.28. The van der Waals surface area contributed by atoms with Gasteiger partial charge in [0.1, 0.15) is 11.6 Å². The van der Waals surface area contributed by atoms with Gasteiger partial charge in [-0.25, -0.2) is 9.78 Å². The Bertz CT molecular complexity index is 1140. The van der Waals surface area contributed by atoms with Gasteiger partial charge in [-0.2, -0.15) is 5.26 Å². The fraction of sp³-hybridized carbons (Fsp3) is 0.318. The van der Waals surface area contributed by atoms with Crippen molar-refractivity contribution in [3.05, 3.63) is 51.0 Å². The molecule has 0 saturated heterocycles. The molecule has 0 amide bonds. The maximum Gasteiger partial charge on any atom is 0.337 e. The van der Waals surface area contributed by atoms with Gasteiger partial charge in [0.05, 0.1) is 20.9 Å². The summed E-state index contributed by atoms with van der Waals surface area (Å²) in [6, 6.07) is 9.42. The van der Waals surface area contributed by atoms with Gasteiger partial charge in [-0.1, -0.05) is 23.7 Å². The molecule has 0 fully saturated rings. The first-order valence-electron chi connectivity index (χ1n) is 9.03. The molecule has 0 bridgehead atoms. The monoisotopic (exact) mass is 428 g/mol. The number of ether oxygens (including phenoxy) is 1. The number of aliphatic carboxylic acids is 1. The zero-order valence-corrected chi connectivity index (χ0v) is 18.4. The first-order valence-corrected chi connectivity index (χ1v) is 10.2. The van der Waals surface area contributed by atoms with Crippen molar-refractivity contribution in [3.8, 4) is 17.2 Å². The Morgan fingerprint density at radius 1 is 1.28 bits per heavy atom. The molecule has 3 rings (SSSR count). The summed E-state index contributed by atoms with van der Waals surface area (Å²) in [5, 5.41) is 21.2. The molecule has 0 radical (unpaired) electrons. The summed E-state index contributed by atoms with van der Waals surface area (Å²) < 4.78 is 6.73. The van der Waals surface area contributed by atoms with Crippen LogP contribution in [-0.2, 0) is 9.53 Å². The van der Waals surface area contributed by atoms with Crippen LogP contribution in [0.25, 0.3) is 21.3 Å². The molecule has 29 heavy (non-hydrogen) atoms. The number of carboxylic acid groups (broad SMARTS) is 1. The summed E-state index contributed by atoms with van der Waals surface area (Å²) in [5.74, 6) is -1.11. The number of nitrogens with zero attached hydrogens (tertiary/aromatic N) is 2. The number of aromatic nitrogens is 1. The second kappa shape index (κ2) is 7.75. The Balaban J connectivity index is 2.48. The van der Waals surface area contributed by atoms with Crippen molar-refractivity contribution in [2.45, 2.75) is 46.3 Å². The zero-order valence-electron chi connectivity index (χ0n) is 16.8. The highest BCUT2D eigenvalue weighted by Crippen LogP contribution is 2.44.